The SMILES string of the molecule is CC1(C)CSCC(NCc2ccccc2)(C(N)=O)C1. The smallest absolute Gasteiger partial charge is 0.238 e. The van der Waals surface area contributed by atoms with Crippen LogP contribution in [0.5, 0.6) is 0 Å². The van der Waals surface area contributed by atoms with Gasteiger partial charge in [-0.1, -0.05) is 44.2 Å². The van der Waals surface area contributed by atoms with Gasteiger partial charge in [0.2, 0.25) is 5.91 Å². The second-order valence-corrected chi connectivity index (χ2v) is 7.10. The number of hydrogen-bond donors (Lipinski definition) is 2. The summed E-state index contributed by atoms with van der Waals surface area (Å²) in [6, 6.07) is 10.1. The molecule has 3 nitrogen and oxygen atoms in total. The first-order valence-corrected chi connectivity index (χ1v) is 7.76. The molecule has 19 heavy (non-hydrogen) atoms. The van der Waals surface area contributed by atoms with Crippen molar-refractivity contribution in [2.75, 3.05) is 11.5 Å². The molecule has 0 radical (unpaired) electrons. The molecule has 0 aromatic heterocycles. The zero-order chi connectivity index (χ0) is 13.9. The Balaban J connectivity index is 2.10. The summed E-state index contributed by atoms with van der Waals surface area (Å²) in [5.74, 6) is 1.61. The van der Waals surface area contributed by atoms with E-state index in [4.69, 9.17) is 5.73 Å². The fourth-order valence-corrected chi connectivity index (χ4v) is 4.10. The van der Waals surface area contributed by atoms with Gasteiger partial charge in [0.1, 0.15) is 5.54 Å². The van der Waals surface area contributed by atoms with Gasteiger partial charge in [-0.3, -0.25) is 10.1 Å². The van der Waals surface area contributed by atoms with Crippen molar-refractivity contribution in [1.29, 1.82) is 0 Å². The van der Waals surface area contributed by atoms with Gasteiger partial charge in [0.25, 0.3) is 0 Å². The topological polar surface area (TPSA) is 55.1 Å². The van der Waals surface area contributed by atoms with Crippen molar-refractivity contribution in [2.24, 2.45) is 11.1 Å². The molecule has 1 aromatic rings. The molecule has 1 atom stereocenters. The van der Waals surface area contributed by atoms with Crippen LogP contribution in [-0.2, 0) is 11.3 Å². The van der Waals surface area contributed by atoms with E-state index in [0.717, 1.165) is 17.9 Å². The first-order chi connectivity index (χ1) is 8.94. The zero-order valence-corrected chi connectivity index (χ0v) is 12.4. The van der Waals surface area contributed by atoms with Crippen LogP contribution in [0.3, 0.4) is 0 Å². The van der Waals surface area contributed by atoms with Gasteiger partial charge in [-0.25, -0.2) is 0 Å². The van der Waals surface area contributed by atoms with Gasteiger partial charge < -0.3 is 5.73 Å². The summed E-state index contributed by atoms with van der Waals surface area (Å²) < 4.78 is 0. The van der Waals surface area contributed by atoms with Gasteiger partial charge in [-0.15, -0.1) is 0 Å². The molecule has 1 amide bonds. The maximum Gasteiger partial charge on any atom is 0.238 e. The van der Waals surface area contributed by atoms with Crippen LogP contribution in [-0.4, -0.2) is 23.0 Å². The highest BCUT2D eigenvalue weighted by molar-refractivity contribution is 7.99. The molecule has 0 spiro atoms. The number of carbonyl (C=O) groups excluding carboxylic acids is 1. The van der Waals surface area contributed by atoms with E-state index in [1.54, 1.807) is 0 Å². The maximum absolute atomic E-state index is 11.9. The zero-order valence-electron chi connectivity index (χ0n) is 11.6. The third kappa shape index (κ3) is 3.51. The van der Waals surface area contributed by atoms with Crippen LogP contribution in [0.15, 0.2) is 30.3 Å². The molecule has 104 valence electrons. The number of hydrogen-bond acceptors (Lipinski definition) is 3. The molecule has 2 rings (SSSR count). The summed E-state index contributed by atoms with van der Waals surface area (Å²) in [6.45, 7) is 5.07. The Kier molecular flexibility index (Phi) is 4.21. The second kappa shape index (κ2) is 5.55. The molecule has 1 aromatic carbocycles. The number of rotatable bonds is 4. The van der Waals surface area contributed by atoms with Crippen molar-refractivity contribution in [2.45, 2.75) is 32.4 Å². The number of thioether (sulfide) groups is 1. The molecule has 1 aliphatic rings. The lowest BCUT2D eigenvalue weighted by molar-refractivity contribution is -0.125. The predicted molar refractivity (Wildman–Crippen MR) is 80.9 cm³/mol. The van der Waals surface area contributed by atoms with Gasteiger partial charge in [0.05, 0.1) is 0 Å². The Morgan fingerprint density at radius 2 is 2.00 bits per heavy atom. The highest BCUT2D eigenvalue weighted by atomic mass is 32.2. The van der Waals surface area contributed by atoms with E-state index in [2.05, 4.69) is 31.3 Å². The Labute approximate surface area is 119 Å². The van der Waals surface area contributed by atoms with Crippen LogP contribution >= 0.6 is 11.8 Å². The first-order valence-electron chi connectivity index (χ1n) is 6.60. The summed E-state index contributed by atoms with van der Waals surface area (Å²) in [4.78, 5) is 11.9. The highest BCUT2D eigenvalue weighted by Gasteiger charge is 2.44. The molecule has 0 saturated carbocycles. The first kappa shape index (κ1) is 14.4. The quantitative estimate of drug-likeness (QED) is 0.887. The van der Waals surface area contributed by atoms with Gasteiger partial charge in [0.15, 0.2) is 0 Å². The Morgan fingerprint density at radius 1 is 1.32 bits per heavy atom. The molecule has 1 heterocycles. The fraction of sp³-hybridized carbons (Fsp3) is 0.533. The number of amides is 1. The van der Waals surface area contributed by atoms with Gasteiger partial charge in [-0.2, -0.15) is 11.8 Å². The summed E-state index contributed by atoms with van der Waals surface area (Å²) in [5, 5.41) is 3.41. The summed E-state index contributed by atoms with van der Waals surface area (Å²) in [7, 11) is 0. The lowest BCUT2D eigenvalue weighted by Gasteiger charge is -2.43. The minimum atomic E-state index is -0.581. The van der Waals surface area contributed by atoms with E-state index in [1.807, 2.05) is 30.0 Å². The minimum absolute atomic E-state index is 0.141. The number of benzene rings is 1. The molecule has 1 aliphatic heterocycles. The van der Waals surface area contributed by atoms with Crippen LogP contribution in [0.2, 0.25) is 0 Å². The van der Waals surface area contributed by atoms with E-state index in [0.29, 0.717) is 6.54 Å². The molecular weight excluding hydrogens is 256 g/mol. The van der Waals surface area contributed by atoms with Crippen molar-refractivity contribution >= 4 is 17.7 Å². The van der Waals surface area contributed by atoms with Gasteiger partial charge >= 0.3 is 0 Å². The molecular formula is C15H22N2OS. The van der Waals surface area contributed by atoms with Crippen LogP contribution in [0, 0.1) is 5.41 Å². The third-order valence-corrected chi connectivity index (χ3v) is 5.25. The number of carbonyl (C=O) groups is 1. The molecule has 0 bridgehead atoms. The molecule has 1 saturated heterocycles. The fourth-order valence-electron chi connectivity index (χ4n) is 2.65. The molecule has 3 N–H and O–H groups in total. The van der Waals surface area contributed by atoms with Crippen molar-refractivity contribution in [3.05, 3.63) is 35.9 Å². The standard InChI is InChI=1S/C15H22N2OS/c1-14(2)9-15(13(16)18,11-19-10-14)17-8-12-6-4-3-5-7-12/h3-7,17H,8-11H2,1-2H3,(H2,16,18). The van der Waals surface area contributed by atoms with Gasteiger partial charge in [0, 0.05) is 12.3 Å². The van der Waals surface area contributed by atoms with Crippen molar-refractivity contribution in [3.8, 4) is 0 Å². The van der Waals surface area contributed by atoms with E-state index in [1.165, 1.54) is 5.56 Å². The second-order valence-electron chi connectivity index (χ2n) is 6.12. The van der Waals surface area contributed by atoms with E-state index < -0.39 is 5.54 Å². The van der Waals surface area contributed by atoms with Crippen molar-refractivity contribution in [1.82, 2.24) is 5.32 Å². The summed E-state index contributed by atoms with van der Waals surface area (Å²) >= 11 is 1.81. The maximum atomic E-state index is 11.9. The summed E-state index contributed by atoms with van der Waals surface area (Å²) in [5.41, 5.74) is 6.41. The van der Waals surface area contributed by atoms with Crippen LogP contribution in [0.4, 0.5) is 0 Å². The number of nitrogens with two attached hydrogens (primary N) is 1. The van der Waals surface area contributed by atoms with Crippen LogP contribution < -0.4 is 11.1 Å². The lowest BCUT2D eigenvalue weighted by atomic mass is 9.79. The third-order valence-electron chi connectivity index (χ3n) is 3.57. The monoisotopic (exact) mass is 278 g/mol. The molecule has 1 fully saturated rings. The Bertz CT molecular complexity index is 447. The Hall–Kier alpha value is -1.00. The minimum Gasteiger partial charge on any atom is -0.368 e. The van der Waals surface area contributed by atoms with E-state index >= 15 is 0 Å². The number of primary amides is 1. The predicted octanol–water partition coefficient (Wildman–Crippen LogP) is 2.16. The summed E-state index contributed by atoms with van der Waals surface area (Å²) in [6.07, 6.45) is 0.801. The van der Waals surface area contributed by atoms with Gasteiger partial charge in [-0.05, 0) is 23.2 Å². The average Bonchev–Trinajstić information content (AvgIpc) is 2.36. The molecule has 4 heteroatoms. The highest BCUT2D eigenvalue weighted by Crippen LogP contribution is 2.39. The largest absolute Gasteiger partial charge is 0.368 e. The molecule has 0 aliphatic carbocycles. The average molecular weight is 278 g/mol. The Morgan fingerprint density at radius 3 is 2.58 bits per heavy atom. The van der Waals surface area contributed by atoms with Crippen LogP contribution in [0.25, 0.3) is 0 Å². The van der Waals surface area contributed by atoms with Crippen molar-refractivity contribution < 1.29 is 4.79 Å². The lowest BCUT2D eigenvalue weighted by Crippen LogP contribution is -2.61. The van der Waals surface area contributed by atoms with E-state index in [9.17, 15) is 4.79 Å². The number of nitrogens with one attached hydrogen (secondary N) is 1. The van der Waals surface area contributed by atoms with E-state index in [-0.39, 0.29) is 11.3 Å². The molecule has 1 unspecified atom stereocenters. The van der Waals surface area contributed by atoms with Crippen LogP contribution in [0.1, 0.15) is 25.8 Å². The normalized spacial score (nSPS) is 26.0. The van der Waals surface area contributed by atoms with Crippen molar-refractivity contribution in [3.63, 3.8) is 0 Å².